The van der Waals surface area contributed by atoms with Crippen LogP contribution in [0.3, 0.4) is 0 Å². The Hall–Kier alpha value is -2.30. The molecule has 0 aromatic heterocycles. The van der Waals surface area contributed by atoms with Crippen molar-refractivity contribution < 1.29 is 19.4 Å². The molecule has 1 N–H and O–H groups in total. The average molecular weight is 275 g/mol. The van der Waals surface area contributed by atoms with Crippen LogP contribution in [0.4, 0.5) is 0 Å². The van der Waals surface area contributed by atoms with Gasteiger partial charge in [-0.1, -0.05) is 0 Å². The Morgan fingerprint density at radius 1 is 1.25 bits per heavy atom. The first-order chi connectivity index (χ1) is 9.45. The molecule has 0 aliphatic carbocycles. The van der Waals surface area contributed by atoms with Gasteiger partial charge < -0.3 is 14.7 Å². The molecule has 0 radical (unpaired) electrons. The number of Topliss-reactive ketones (excluding diaryl/α,β-unsaturated/α-hetero) is 1. The van der Waals surface area contributed by atoms with Crippen LogP contribution >= 0.6 is 0 Å². The topological polar surface area (TPSA) is 66.8 Å². The second kappa shape index (κ2) is 5.36. The standard InChI is InChI=1S/C15H17NO4/c1-9(2)16-8-12(17)13(15(16)19)14(18)10-4-6-11(20-3)7-5-10/h4-7,9,18H,8H2,1-3H3/b14-13+. The molecular weight excluding hydrogens is 258 g/mol. The van der Waals surface area contributed by atoms with Gasteiger partial charge in [0.1, 0.15) is 17.1 Å². The Morgan fingerprint density at radius 3 is 2.30 bits per heavy atom. The summed E-state index contributed by atoms with van der Waals surface area (Å²) in [6.07, 6.45) is 0. The smallest absolute Gasteiger partial charge is 0.262 e. The van der Waals surface area contributed by atoms with Crippen LogP contribution in [0.1, 0.15) is 19.4 Å². The number of ketones is 1. The normalized spacial score (nSPS) is 17.9. The zero-order valence-electron chi connectivity index (χ0n) is 11.7. The highest BCUT2D eigenvalue weighted by atomic mass is 16.5. The van der Waals surface area contributed by atoms with Gasteiger partial charge in [-0.15, -0.1) is 0 Å². The van der Waals surface area contributed by atoms with Gasteiger partial charge >= 0.3 is 0 Å². The number of amides is 1. The molecule has 0 spiro atoms. The Bertz CT molecular complexity index is 572. The fourth-order valence-corrected chi connectivity index (χ4v) is 2.11. The molecule has 1 saturated heterocycles. The molecule has 1 aromatic carbocycles. The summed E-state index contributed by atoms with van der Waals surface area (Å²) in [6, 6.07) is 6.47. The van der Waals surface area contributed by atoms with Gasteiger partial charge in [0.25, 0.3) is 5.91 Å². The van der Waals surface area contributed by atoms with Gasteiger partial charge in [0.05, 0.1) is 13.7 Å². The number of hydrogen-bond donors (Lipinski definition) is 1. The highest BCUT2D eigenvalue weighted by Gasteiger charge is 2.37. The lowest BCUT2D eigenvalue weighted by molar-refractivity contribution is -0.126. The zero-order chi connectivity index (χ0) is 14.9. The van der Waals surface area contributed by atoms with Crippen molar-refractivity contribution in [1.29, 1.82) is 0 Å². The van der Waals surface area contributed by atoms with Crippen molar-refractivity contribution in [3.63, 3.8) is 0 Å². The monoisotopic (exact) mass is 275 g/mol. The lowest BCUT2D eigenvalue weighted by atomic mass is 10.1. The van der Waals surface area contributed by atoms with E-state index in [2.05, 4.69) is 0 Å². The molecule has 20 heavy (non-hydrogen) atoms. The summed E-state index contributed by atoms with van der Waals surface area (Å²) in [5.41, 5.74) is 0.289. The van der Waals surface area contributed by atoms with E-state index in [1.165, 1.54) is 12.0 Å². The van der Waals surface area contributed by atoms with Crippen molar-refractivity contribution in [2.24, 2.45) is 0 Å². The molecule has 1 fully saturated rings. The van der Waals surface area contributed by atoms with E-state index in [4.69, 9.17) is 4.74 Å². The number of benzene rings is 1. The van der Waals surface area contributed by atoms with E-state index in [-0.39, 0.29) is 29.7 Å². The van der Waals surface area contributed by atoms with Crippen LogP contribution in [-0.4, -0.2) is 41.4 Å². The van der Waals surface area contributed by atoms with Crippen LogP contribution < -0.4 is 4.74 Å². The fraction of sp³-hybridized carbons (Fsp3) is 0.333. The van der Waals surface area contributed by atoms with Gasteiger partial charge in [0.2, 0.25) is 0 Å². The molecule has 106 valence electrons. The molecule has 5 nitrogen and oxygen atoms in total. The van der Waals surface area contributed by atoms with Crippen molar-refractivity contribution in [3.8, 4) is 5.75 Å². The van der Waals surface area contributed by atoms with Gasteiger partial charge in [0.15, 0.2) is 5.78 Å². The summed E-state index contributed by atoms with van der Waals surface area (Å²) < 4.78 is 5.03. The second-order valence-corrected chi connectivity index (χ2v) is 4.90. The molecule has 1 aromatic rings. The molecule has 2 rings (SSSR count). The van der Waals surface area contributed by atoms with Gasteiger partial charge in [-0.2, -0.15) is 0 Å². The quantitative estimate of drug-likeness (QED) is 0.519. The number of aliphatic hydroxyl groups excluding tert-OH is 1. The molecule has 0 unspecified atom stereocenters. The number of likely N-dealkylation sites (tertiary alicyclic amines) is 1. The largest absolute Gasteiger partial charge is 0.506 e. The minimum absolute atomic E-state index is 0.0199. The summed E-state index contributed by atoms with van der Waals surface area (Å²) in [4.78, 5) is 25.5. The molecule has 0 bridgehead atoms. The maximum atomic E-state index is 12.2. The van der Waals surface area contributed by atoms with Crippen molar-refractivity contribution in [2.45, 2.75) is 19.9 Å². The first kappa shape index (κ1) is 14.1. The van der Waals surface area contributed by atoms with E-state index in [0.717, 1.165) is 0 Å². The van der Waals surface area contributed by atoms with E-state index < -0.39 is 5.91 Å². The second-order valence-electron chi connectivity index (χ2n) is 4.90. The van der Waals surface area contributed by atoms with Crippen LogP contribution in [0.25, 0.3) is 5.76 Å². The predicted octanol–water partition coefficient (Wildman–Crippen LogP) is 1.78. The van der Waals surface area contributed by atoms with Crippen LogP contribution in [0.2, 0.25) is 0 Å². The van der Waals surface area contributed by atoms with Gasteiger partial charge in [0, 0.05) is 11.6 Å². The lowest BCUT2D eigenvalue weighted by Crippen LogP contribution is -2.32. The van der Waals surface area contributed by atoms with E-state index in [0.29, 0.717) is 11.3 Å². The zero-order valence-corrected chi connectivity index (χ0v) is 11.7. The molecular formula is C15H17NO4. The minimum atomic E-state index is -0.418. The summed E-state index contributed by atoms with van der Waals surface area (Å²) in [5.74, 6) is -0.402. The third kappa shape index (κ3) is 2.39. The minimum Gasteiger partial charge on any atom is -0.506 e. The summed E-state index contributed by atoms with van der Waals surface area (Å²) in [7, 11) is 1.54. The summed E-state index contributed by atoms with van der Waals surface area (Å²) in [5, 5.41) is 10.2. The Balaban J connectivity index is 2.40. The maximum absolute atomic E-state index is 12.2. The molecule has 1 aliphatic rings. The number of carbonyl (C=O) groups is 2. The number of aliphatic hydroxyl groups is 1. The van der Waals surface area contributed by atoms with E-state index in [1.54, 1.807) is 24.3 Å². The van der Waals surface area contributed by atoms with Crippen molar-refractivity contribution >= 4 is 17.4 Å². The van der Waals surface area contributed by atoms with E-state index in [1.807, 2.05) is 13.8 Å². The fourth-order valence-electron chi connectivity index (χ4n) is 2.11. The molecule has 1 heterocycles. The third-order valence-electron chi connectivity index (χ3n) is 3.29. The highest BCUT2D eigenvalue weighted by Crippen LogP contribution is 2.25. The van der Waals surface area contributed by atoms with Crippen LogP contribution in [-0.2, 0) is 9.59 Å². The molecule has 0 atom stereocenters. The number of rotatable bonds is 3. The van der Waals surface area contributed by atoms with Gasteiger partial charge in [-0.3, -0.25) is 9.59 Å². The van der Waals surface area contributed by atoms with Gasteiger partial charge in [-0.05, 0) is 38.1 Å². The number of nitrogens with zero attached hydrogens (tertiary/aromatic N) is 1. The SMILES string of the molecule is COc1ccc(/C(O)=C2/C(=O)CN(C(C)C)C2=O)cc1. The van der Waals surface area contributed by atoms with Crippen molar-refractivity contribution in [2.75, 3.05) is 13.7 Å². The predicted molar refractivity (Wildman–Crippen MR) is 74.4 cm³/mol. The molecule has 1 amide bonds. The van der Waals surface area contributed by atoms with Crippen LogP contribution in [0, 0.1) is 0 Å². The lowest BCUT2D eigenvalue weighted by Gasteiger charge is -2.18. The van der Waals surface area contributed by atoms with Crippen molar-refractivity contribution in [1.82, 2.24) is 4.90 Å². The number of methoxy groups -OCH3 is 1. The van der Waals surface area contributed by atoms with E-state index in [9.17, 15) is 14.7 Å². The molecule has 5 heteroatoms. The third-order valence-corrected chi connectivity index (χ3v) is 3.29. The maximum Gasteiger partial charge on any atom is 0.262 e. The molecule has 0 saturated carbocycles. The van der Waals surface area contributed by atoms with Crippen LogP contribution in [0.5, 0.6) is 5.75 Å². The first-order valence-electron chi connectivity index (χ1n) is 6.37. The average Bonchev–Trinajstić information content (AvgIpc) is 2.73. The highest BCUT2D eigenvalue weighted by molar-refractivity contribution is 6.28. The number of carbonyl (C=O) groups excluding carboxylic acids is 2. The van der Waals surface area contributed by atoms with Crippen molar-refractivity contribution in [3.05, 3.63) is 35.4 Å². The first-order valence-corrected chi connectivity index (χ1v) is 6.37. The van der Waals surface area contributed by atoms with Gasteiger partial charge in [-0.25, -0.2) is 0 Å². The molecule has 1 aliphatic heterocycles. The Kier molecular flexibility index (Phi) is 3.79. The van der Waals surface area contributed by atoms with E-state index >= 15 is 0 Å². The number of hydrogen-bond acceptors (Lipinski definition) is 4. The van der Waals surface area contributed by atoms with Crippen LogP contribution in [0.15, 0.2) is 29.8 Å². The Labute approximate surface area is 117 Å². The summed E-state index contributed by atoms with van der Waals surface area (Å²) in [6.45, 7) is 3.68. The number of ether oxygens (including phenoxy) is 1. The Morgan fingerprint density at radius 2 is 1.85 bits per heavy atom. The summed E-state index contributed by atoms with van der Waals surface area (Å²) >= 11 is 0.